The van der Waals surface area contributed by atoms with Crippen LogP contribution in [0.3, 0.4) is 0 Å². The molecule has 21 heavy (non-hydrogen) atoms. The molecule has 0 amide bonds. The molecule has 0 aliphatic rings. The van der Waals surface area contributed by atoms with Crippen LogP contribution < -0.4 is 5.32 Å². The van der Waals surface area contributed by atoms with Crippen molar-refractivity contribution in [3.8, 4) is 0 Å². The number of anilines is 1. The van der Waals surface area contributed by atoms with Crippen LogP contribution in [-0.4, -0.2) is 24.9 Å². The lowest BCUT2D eigenvalue weighted by molar-refractivity contribution is -0.384. The van der Waals surface area contributed by atoms with Crippen LogP contribution in [-0.2, 0) is 6.54 Å². The third-order valence-corrected chi connectivity index (χ3v) is 2.91. The Hall–Kier alpha value is -3.16. The third kappa shape index (κ3) is 2.73. The second-order valence-corrected chi connectivity index (χ2v) is 4.24. The largest absolute Gasteiger partial charge is 0.364 e. The van der Waals surface area contributed by atoms with E-state index >= 15 is 0 Å². The highest BCUT2D eigenvalue weighted by Crippen LogP contribution is 2.24. The van der Waals surface area contributed by atoms with Gasteiger partial charge in [-0.05, 0) is 12.1 Å². The first-order valence-electron chi connectivity index (χ1n) is 6.12. The molecule has 0 aliphatic heterocycles. The van der Waals surface area contributed by atoms with E-state index in [1.807, 2.05) is 0 Å². The number of rotatable bonds is 4. The minimum atomic E-state index is -0.444. The van der Waals surface area contributed by atoms with Gasteiger partial charge in [-0.25, -0.2) is 19.9 Å². The molecule has 1 N–H and O–H groups in total. The van der Waals surface area contributed by atoms with Crippen LogP contribution in [0.15, 0.2) is 43.1 Å². The number of nitrogens with one attached hydrogen (secondary N) is 1. The Morgan fingerprint density at radius 3 is 2.81 bits per heavy atom. The third-order valence-electron chi connectivity index (χ3n) is 2.91. The quantitative estimate of drug-likeness (QED) is 0.575. The minimum Gasteiger partial charge on any atom is -0.364 e. The van der Waals surface area contributed by atoms with Crippen LogP contribution in [0.5, 0.6) is 0 Å². The lowest BCUT2D eigenvalue weighted by Gasteiger charge is -2.07. The van der Waals surface area contributed by atoms with Crippen molar-refractivity contribution in [2.45, 2.75) is 6.54 Å². The van der Waals surface area contributed by atoms with Gasteiger partial charge in [0.05, 0.1) is 22.7 Å². The fraction of sp³-hybridized carbons (Fsp3) is 0.0769. The molecule has 8 nitrogen and oxygen atoms in total. The van der Waals surface area contributed by atoms with Gasteiger partial charge in [-0.15, -0.1) is 0 Å². The molecule has 0 radical (unpaired) electrons. The van der Waals surface area contributed by atoms with E-state index in [2.05, 4.69) is 25.3 Å². The van der Waals surface area contributed by atoms with E-state index in [1.54, 1.807) is 18.3 Å². The van der Waals surface area contributed by atoms with Crippen molar-refractivity contribution in [3.05, 3.63) is 58.9 Å². The molecule has 2 aromatic heterocycles. The Morgan fingerprint density at radius 1 is 1.14 bits per heavy atom. The van der Waals surface area contributed by atoms with Crippen molar-refractivity contribution in [2.24, 2.45) is 0 Å². The normalized spacial score (nSPS) is 10.5. The summed E-state index contributed by atoms with van der Waals surface area (Å²) < 4.78 is 0. The van der Waals surface area contributed by atoms with Crippen LogP contribution >= 0.6 is 0 Å². The fourth-order valence-corrected chi connectivity index (χ4v) is 1.90. The van der Waals surface area contributed by atoms with Crippen LogP contribution in [0.25, 0.3) is 10.9 Å². The highest BCUT2D eigenvalue weighted by molar-refractivity contribution is 5.90. The molecule has 0 saturated heterocycles. The number of aromatic nitrogens is 4. The first-order chi connectivity index (χ1) is 10.2. The topological polar surface area (TPSA) is 107 Å². The number of nitro groups is 1. The van der Waals surface area contributed by atoms with Crippen molar-refractivity contribution in [2.75, 3.05) is 5.32 Å². The number of nitro benzene ring substituents is 1. The molecule has 0 saturated carbocycles. The zero-order valence-corrected chi connectivity index (χ0v) is 10.8. The lowest BCUT2D eigenvalue weighted by atomic mass is 10.2. The number of benzene rings is 1. The molecule has 104 valence electrons. The van der Waals surface area contributed by atoms with Gasteiger partial charge < -0.3 is 5.32 Å². The molecule has 0 bridgehead atoms. The summed E-state index contributed by atoms with van der Waals surface area (Å²) >= 11 is 0. The molecule has 0 unspecified atom stereocenters. The van der Waals surface area contributed by atoms with Gasteiger partial charge in [-0.3, -0.25) is 10.1 Å². The maximum atomic E-state index is 10.9. The average molecular weight is 282 g/mol. The van der Waals surface area contributed by atoms with E-state index in [-0.39, 0.29) is 5.69 Å². The Labute approximate surface area is 119 Å². The smallest absolute Gasteiger partial charge is 0.270 e. The molecule has 0 aliphatic carbocycles. The van der Waals surface area contributed by atoms with Crippen molar-refractivity contribution in [3.63, 3.8) is 0 Å². The van der Waals surface area contributed by atoms with E-state index < -0.39 is 4.92 Å². The predicted molar refractivity (Wildman–Crippen MR) is 75.6 cm³/mol. The van der Waals surface area contributed by atoms with Crippen LogP contribution in [0.4, 0.5) is 11.5 Å². The number of hydrogen-bond acceptors (Lipinski definition) is 7. The van der Waals surface area contributed by atoms with Gasteiger partial charge in [0, 0.05) is 23.7 Å². The van der Waals surface area contributed by atoms with Gasteiger partial charge in [0.25, 0.3) is 5.69 Å². The Balaban J connectivity index is 1.94. The molecule has 0 spiro atoms. The predicted octanol–water partition coefficient (Wildman–Crippen LogP) is 1.94. The Bertz CT molecular complexity index is 793. The molecular formula is C13H10N6O2. The average Bonchev–Trinajstić information content (AvgIpc) is 2.53. The summed E-state index contributed by atoms with van der Waals surface area (Å²) in [5.41, 5.74) is 1.44. The van der Waals surface area contributed by atoms with E-state index in [4.69, 9.17) is 0 Å². The first kappa shape index (κ1) is 12.9. The van der Waals surface area contributed by atoms with E-state index in [9.17, 15) is 10.1 Å². The van der Waals surface area contributed by atoms with Gasteiger partial charge in [-0.1, -0.05) is 0 Å². The van der Waals surface area contributed by atoms with Crippen LogP contribution in [0, 0.1) is 10.1 Å². The number of hydrogen-bond donors (Lipinski definition) is 1. The highest BCUT2D eigenvalue weighted by Gasteiger charge is 2.10. The highest BCUT2D eigenvalue weighted by atomic mass is 16.6. The maximum absolute atomic E-state index is 10.9. The van der Waals surface area contributed by atoms with Crippen molar-refractivity contribution in [1.29, 1.82) is 0 Å². The number of fused-ring (bicyclic) bond motifs is 1. The molecule has 3 aromatic rings. The fourth-order valence-electron chi connectivity index (χ4n) is 1.90. The molecule has 0 atom stereocenters. The lowest BCUT2D eigenvalue weighted by Crippen LogP contribution is -2.04. The zero-order valence-electron chi connectivity index (χ0n) is 10.8. The number of non-ortho nitro benzene ring substituents is 1. The zero-order chi connectivity index (χ0) is 14.7. The van der Waals surface area contributed by atoms with Crippen LogP contribution in [0.2, 0.25) is 0 Å². The molecule has 2 heterocycles. The SMILES string of the molecule is O=[N+]([O-])c1ccc2ncnc(NCc3ccncn3)c2c1. The Kier molecular flexibility index (Phi) is 3.34. The second-order valence-electron chi connectivity index (χ2n) is 4.24. The summed E-state index contributed by atoms with van der Waals surface area (Å²) in [6.45, 7) is 0.442. The van der Waals surface area contributed by atoms with Crippen molar-refractivity contribution in [1.82, 2.24) is 19.9 Å². The standard InChI is InChI=1S/C13H10N6O2/c20-19(21)10-1-2-12-11(5-10)13(18-8-17-12)15-6-9-3-4-14-7-16-9/h1-5,7-8H,6H2,(H,15,17,18). The summed E-state index contributed by atoms with van der Waals surface area (Å²) in [6.07, 6.45) is 4.52. The van der Waals surface area contributed by atoms with Crippen LogP contribution in [0.1, 0.15) is 5.69 Å². The molecule has 0 fully saturated rings. The summed E-state index contributed by atoms with van der Waals surface area (Å²) in [6, 6.07) is 6.25. The second kappa shape index (κ2) is 5.45. The van der Waals surface area contributed by atoms with Gasteiger partial charge in [-0.2, -0.15) is 0 Å². The monoisotopic (exact) mass is 282 g/mol. The maximum Gasteiger partial charge on any atom is 0.270 e. The summed E-state index contributed by atoms with van der Waals surface area (Å²) in [5, 5.41) is 14.6. The first-order valence-corrected chi connectivity index (χ1v) is 6.12. The number of nitrogens with zero attached hydrogens (tertiary/aromatic N) is 5. The van der Waals surface area contributed by atoms with Gasteiger partial charge in [0.15, 0.2) is 0 Å². The summed E-state index contributed by atoms with van der Waals surface area (Å²) in [4.78, 5) is 26.6. The molecule has 1 aromatic carbocycles. The minimum absolute atomic E-state index is 0.00221. The van der Waals surface area contributed by atoms with Gasteiger partial charge >= 0.3 is 0 Å². The molecule has 3 rings (SSSR count). The molecular weight excluding hydrogens is 272 g/mol. The van der Waals surface area contributed by atoms with Gasteiger partial charge in [0.2, 0.25) is 0 Å². The summed E-state index contributed by atoms with van der Waals surface area (Å²) in [5.74, 6) is 0.530. The van der Waals surface area contributed by atoms with Gasteiger partial charge in [0.1, 0.15) is 18.5 Å². The molecule has 8 heteroatoms. The van der Waals surface area contributed by atoms with E-state index in [1.165, 1.54) is 24.8 Å². The summed E-state index contributed by atoms with van der Waals surface area (Å²) in [7, 11) is 0. The Morgan fingerprint density at radius 2 is 2.05 bits per heavy atom. The van der Waals surface area contributed by atoms with Crippen molar-refractivity contribution < 1.29 is 4.92 Å². The van der Waals surface area contributed by atoms with E-state index in [0.717, 1.165) is 5.69 Å². The van der Waals surface area contributed by atoms with E-state index in [0.29, 0.717) is 23.3 Å². The van der Waals surface area contributed by atoms with Crippen molar-refractivity contribution >= 4 is 22.4 Å².